The Morgan fingerprint density at radius 2 is 1.31 bits per heavy atom. The number of benzene rings is 2. The zero-order valence-electron chi connectivity index (χ0n) is 18.2. The molecular formula is C24H26Cl4N2O2. The Kier molecular flexibility index (Phi) is 7.71. The zero-order valence-corrected chi connectivity index (χ0v) is 21.2. The van der Waals surface area contributed by atoms with Crippen LogP contribution in [0.5, 0.6) is 0 Å². The number of carbonyl (C=O) groups excluding carboxylic acids is 2. The van der Waals surface area contributed by atoms with Crippen LogP contribution in [0.2, 0.25) is 20.1 Å². The first-order valence-corrected chi connectivity index (χ1v) is 11.9. The molecule has 0 aromatic heterocycles. The van der Waals surface area contributed by atoms with Crippen molar-refractivity contribution in [1.82, 2.24) is 10.6 Å². The molecule has 2 N–H and O–H groups in total. The number of rotatable bonds is 5. The summed E-state index contributed by atoms with van der Waals surface area (Å²) in [5, 5.41) is 7.35. The van der Waals surface area contributed by atoms with Gasteiger partial charge in [-0.25, -0.2) is 0 Å². The summed E-state index contributed by atoms with van der Waals surface area (Å²) < 4.78 is 0. The highest BCUT2D eigenvalue weighted by Crippen LogP contribution is 2.46. The largest absolute Gasteiger partial charge is 0.351 e. The smallest absolute Gasteiger partial charge is 0.254 e. The third-order valence-corrected chi connectivity index (χ3v) is 7.09. The Morgan fingerprint density at radius 3 is 1.81 bits per heavy atom. The molecule has 1 fully saturated rings. The summed E-state index contributed by atoms with van der Waals surface area (Å²) in [4.78, 5) is 25.7. The standard InChI is InChI=1S/C24H26Cl4N2O2/c1-23(2)10-14(30-22(32)20-17(27)8-5-9-18(20)28)11-24(3,12-23)13-29-21(31)19-15(25)6-4-7-16(19)26/h4-9,14H,10-13H2,1-3H3,(H,29,31)(H,30,32). The van der Waals surface area contributed by atoms with Gasteiger partial charge in [-0.2, -0.15) is 0 Å². The molecule has 0 aliphatic heterocycles. The van der Waals surface area contributed by atoms with Crippen molar-refractivity contribution in [1.29, 1.82) is 0 Å². The van der Waals surface area contributed by atoms with Crippen LogP contribution in [0.1, 0.15) is 60.7 Å². The fourth-order valence-corrected chi connectivity index (χ4v) is 6.08. The molecule has 4 nitrogen and oxygen atoms in total. The van der Waals surface area contributed by atoms with E-state index in [2.05, 4.69) is 31.4 Å². The van der Waals surface area contributed by atoms with Crippen molar-refractivity contribution in [2.45, 2.75) is 46.1 Å². The highest BCUT2D eigenvalue weighted by molar-refractivity contribution is 6.40. The van der Waals surface area contributed by atoms with Gasteiger partial charge < -0.3 is 10.6 Å². The molecule has 2 aromatic carbocycles. The summed E-state index contributed by atoms with van der Waals surface area (Å²) in [5.41, 5.74) is 0.269. The molecule has 32 heavy (non-hydrogen) atoms. The van der Waals surface area contributed by atoms with Gasteiger partial charge in [0.25, 0.3) is 11.8 Å². The van der Waals surface area contributed by atoms with Gasteiger partial charge in [0, 0.05) is 12.6 Å². The topological polar surface area (TPSA) is 58.2 Å². The average Bonchev–Trinajstić information content (AvgIpc) is 2.64. The fraction of sp³-hybridized carbons (Fsp3) is 0.417. The van der Waals surface area contributed by atoms with Crippen molar-refractivity contribution < 1.29 is 9.59 Å². The van der Waals surface area contributed by atoms with Crippen molar-refractivity contribution in [3.8, 4) is 0 Å². The lowest BCUT2D eigenvalue weighted by atomic mass is 9.62. The summed E-state index contributed by atoms with van der Waals surface area (Å²) in [6.45, 7) is 6.87. The van der Waals surface area contributed by atoms with Crippen molar-refractivity contribution >= 4 is 58.2 Å². The Morgan fingerprint density at radius 1 is 0.844 bits per heavy atom. The first-order valence-electron chi connectivity index (χ1n) is 10.4. The molecule has 2 amide bonds. The molecule has 0 spiro atoms. The Bertz CT molecular complexity index is 1000. The van der Waals surface area contributed by atoms with Crippen LogP contribution in [0.4, 0.5) is 0 Å². The molecule has 1 aliphatic rings. The highest BCUT2D eigenvalue weighted by atomic mass is 35.5. The average molecular weight is 516 g/mol. The van der Waals surface area contributed by atoms with E-state index < -0.39 is 0 Å². The molecule has 0 heterocycles. The van der Waals surface area contributed by atoms with Crippen LogP contribution in [-0.2, 0) is 0 Å². The summed E-state index contributed by atoms with van der Waals surface area (Å²) in [6, 6.07) is 9.88. The molecule has 2 unspecified atom stereocenters. The third-order valence-electron chi connectivity index (χ3n) is 5.83. The lowest BCUT2D eigenvalue weighted by Crippen LogP contribution is -2.50. The van der Waals surface area contributed by atoms with Crippen LogP contribution in [-0.4, -0.2) is 24.4 Å². The van der Waals surface area contributed by atoms with Crippen LogP contribution in [0.25, 0.3) is 0 Å². The molecule has 2 atom stereocenters. The number of hydrogen-bond acceptors (Lipinski definition) is 2. The quantitative estimate of drug-likeness (QED) is 0.448. The SMILES string of the molecule is CC1(C)CC(NC(=O)c2c(Cl)cccc2Cl)CC(C)(CNC(=O)c2c(Cl)cccc2Cl)C1. The molecule has 0 saturated heterocycles. The molecule has 1 aliphatic carbocycles. The maximum atomic E-state index is 12.9. The van der Waals surface area contributed by atoms with Gasteiger partial charge in [-0.15, -0.1) is 0 Å². The maximum Gasteiger partial charge on any atom is 0.254 e. The first kappa shape index (κ1) is 25.2. The van der Waals surface area contributed by atoms with Gasteiger partial charge in [0.1, 0.15) is 0 Å². The molecule has 3 rings (SSSR count). The number of carbonyl (C=O) groups is 2. The monoisotopic (exact) mass is 514 g/mol. The third kappa shape index (κ3) is 5.91. The lowest BCUT2D eigenvalue weighted by molar-refractivity contribution is 0.0592. The van der Waals surface area contributed by atoms with Crippen LogP contribution < -0.4 is 10.6 Å². The van der Waals surface area contributed by atoms with Crippen LogP contribution in [0.15, 0.2) is 36.4 Å². The fourth-order valence-electron chi connectivity index (χ4n) is 4.94. The number of amides is 2. The van der Waals surface area contributed by atoms with E-state index in [1.54, 1.807) is 36.4 Å². The van der Waals surface area contributed by atoms with E-state index in [9.17, 15) is 9.59 Å². The van der Waals surface area contributed by atoms with E-state index in [4.69, 9.17) is 46.4 Å². The first-order chi connectivity index (χ1) is 14.9. The number of nitrogens with one attached hydrogen (secondary N) is 2. The maximum absolute atomic E-state index is 12.9. The minimum absolute atomic E-state index is 0.0397. The zero-order chi connectivity index (χ0) is 23.7. The van der Waals surface area contributed by atoms with E-state index in [1.165, 1.54) is 0 Å². The summed E-state index contributed by atoms with van der Waals surface area (Å²) in [6.07, 6.45) is 2.39. The summed E-state index contributed by atoms with van der Waals surface area (Å²) in [7, 11) is 0. The molecule has 2 aromatic rings. The number of hydrogen-bond donors (Lipinski definition) is 2. The van der Waals surface area contributed by atoms with Crippen molar-refractivity contribution in [2.75, 3.05) is 6.54 Å². The van der Waals surface area contributed by atoms with Crippen LogP contribution in [0, 0.1) is 10.8 Å². The minimum atomic E-state index is -0.311. The van der Waals surface area contributed by atoms with Gasteiger partial charge in [0.2, 0.25) is 0 Å². The molecule has 1 saturated carbocycles. The van der Waals surface area contributed by atoms with Crippen molar-refractivity contribution in [2.24, 2.45) is 10.8 Å². The molecule has 0 radical (unpaired) electrons. The minimum Gasteiger partial charge on any atom is -0.351 e. The van der Waals surface area contributed by atoms with Gasteiger partial charge in [-0.3, -0.25) is 9.59 Å². The van der Waals surface area contributed by atoms with Gasteiger partial charge in [-0.1, -0.05) is 79.3 Å². The van der Waals surface area contributed by atoms with Crippen LogP contribution >= 0.6 is 46.4 Å². The summed E-state index contributed by atoms with van der Waals surface area (Å²) in [5.74, 6) is -0.605. The van der Waals surface area contributed by atoms with E-state index >= 15 is 0 Å². The molecule has 0 bridgehead atoms. The number of halogens is 4. The van der Waals surface area contributed by atoms with E-state index in [0.29, 0.717) is 33.1 Å². The van der Waals surface area contributed by atoms with E-state index in [1.807, 2.05) is 0 Å². The summed E-state index contributed by atoms with van der Waals surface area (Å²) >= 11 is 24.8. The van der Waals surface area contributed by atoms with Gasteiger partial charge in [0.15, 0.2) is 0 Å². The van der Waals surface area contributed by atoms with Gasteiger partial charge >= 0.3 is 0 Å². The Labute approximate surface area is 208 Å². The van der Waals surface area contributed by atoms with Gasteiger partial charge in [-0.05, 0) is 54.4 Å². The van der Waals surface area contributed by atoms with E-state index in [0.717, 1.165) is 12.8 Å². The Hall–Kier alpha value is -1.46. The predicted molar refractivity (Wildman–Crippen MR) is 132 cm³/mol. The molecule has 172 valence electrons. The second-order valence-corrected chi connectivity index (χ2v) is 11.2. The second-order valence-electron chi connectivity index (χ2n) is 9.61. The van der Waals surface area contributed by atoms with E-state index in [-0.39, 0.29) is 39.8 Å². The molecule has 8 heteroatoms. The van der Waals surface area contributed by atoms with Gasteiger partial charge in [0.05, 0.1) is 31.2 Å². The Balaban J connectivity index is 1.73. The normalized spacial score (nSPS) is 22.3. The molecular weight excluding hydrogens is 490 g/mol. The van der Waals surface area contributed by atoms with Crippen molar-refractivity contribution in [3.63, 3.8) is 0 Å². The highest BCUT2D eigenvalue weighted by Gasteiger charge is 2.42. The lowest BCUT2D eigenvalue weighted by Gasteiger charge is -2.47. The second kappa shape index (κ2) is 9.80. The van der Waals surface area contributed by atoms with Crippen LogP contribution in [0.3, 0.4) is 0 Å². The van der Waals surface area contributed by atoms with Crippen molar-refractivity contribution in [3.05, 3.63) is 67.6 Å². The predicted octanol–water partition coefficient (Wildman–Crippen LogP) is 7.05.